The van der Waals surface area contributed by atoms with Crippen molar-refractivity contribution >= 4 is 11.8 Å². The van der Waals surface area contributed by atoms with Gasteiger partial charge in [0.1, 0.15) is 5.82 Å². The van der Waals surface area contributed by atoms with E-state index in [0.717, 1.165) is 41.8 Å². The lowest BCUT2D eigenvalue weighted by Gasteiger charge is -2.21. The second-order valence-corrected chi connectivity index (χ2v) is 8.16. The molecule has 0 unspecified atom stereocenters. The van der Waals surface area contributed by atoms with Crippen LogP contribution in [0.5, 0.6) is 0 Å². The first kappa shape index (κ1) is 18.4. The first-order chi connectivity index (χ1) is 9.69. The van der Waals surface area contributed by atoms with E-state index in [2.05, 4.69) is 63.8 Å². The zero-order chi connectivity index (χ0) is 16.0. The SMILES string of the molecule is Cc1nc(CSCC(C)C)nc(C)c1CCNC(C)(C)C. The lowest BCUT2D eigenvalue weighted by Crippen LogP contribution is -2.37. The van der Waals surface area contributed by atoms with Crippen molar-refractivity contribution in [3.63, 3.8) is 0 Å². The maximum absolute atomic E-state index is 4.69. The normalized spacial score (nSPS) is 12.2. The lowest BCUT2D eigenvalue weighted by atomic mass is 10.1. The zero-order valence-electron chi connectivity index (χ0n) is 14.7. The van der Waals surface area contributed by atoms with Crippen molar-refractivity contribution in [3.8, 4) is 0 Å². The minimum atomic E-state index is 0.163. The Labute approximate surface area is 134 Å². The maximum Gasteiger partial charge on any atom is 0.138 e. The Hall–Kier alpha value is -0.610. The Balaban J connectivity index is 2.62. The number of hydrogen-bond acceptors (Lipinski definition) is 4. The smallest absolute Gasteiger partial charge is 0.138 e. The van der Waals surface area contributed by atoms with Crippen molar-refractivity contribution in [2.24, 2.45) is 5.92 Å². The number of thioether (sulfide) groups is 1. The van der Waals surface area contributed by atoms with E-state index in [1.807, 2.05) is 11.8 Å². The van der Waals surface area contributed by atoms with E-state index in [1.54, 1.807) is 0 Å². The molecule has 120 valence electrons. The van der Waals surface area contributed by atoms with Gasteiger partial charge >= 0.3 is 0 Å². The van der Waals surface area contributed by atoms with Crippen LogP contribution in [0.25, 0.3) is 0 Å². The van der Waals surface area contributed by atoms with E-state index >= 15 is 0 Å². The van der Waals surface area contributed by atoms with Crippen LogP contribution in [0.15, 0.2) is 0 Å². The average molecular weight is 310 g/mol. The summed E-state index contributed by atoms with van der Waals surface area (Å²) in [5.74, 6) is 3.78. The molecule has 21 heavy (non-hydrogen) atoms. The summed E-state index contributed by atoms with van der Waals surface area (Å²) in [5, 5.41) is 3.53. The van der Waals surface area contributed by atoms with E-state index in [1.165, 1.54) is 11.3 Å². The third-order valence-electron chi connectivity index (χ3n) is 3.18. The molecule has 0 aliphatic heterocycles. The van der Waals surface area contributed by atoms with Gasteiger partial charge < -0.3 is 5.32 Å². The van der Waals surface area contributed by atoms with E-state index in [9.17, 15) is 0 Å². The van der Waals surface area contributed by atoms with Gasteiger partial charge in [-0.3, -0.25) is 0 Å². The summed E-state index contributed by atoms with van der Waals surface area (Å²) in [6.07, 6.45) is 0.994. The van der Waals surface area contributed by atoms with Crippen molar-refractivity contribution in [1.29, 1.82) is 0 Å². The monoisotopic (exact) mass is 309 g/mol. The van der Waals surface area contributed by atoms with Crippen molar-refractivity contribution in [1.82, 2.24) is 15.3 Å². The molecule has 1 rings (SSSR count). The lowest BCUT2D eigenvalue weighted by molar-refractivity contribution is 0.429. The number of rotatable bonds is 7. The van der Waals surface area contributed by atoms with Crippen LogP contribution in [-0.2, 0) is 12.2 Å². The van der Waals surface area contributed by atoms with Crippen LogP contribution in [0, 0.1) is 19.8 Å². The van der Waals surface area contributed by atoms with Gasteiger partial charge in [0.15, 0.2) is 0 Å². The summed E-state index contributed by atoms with van der Waals surface area (Å²) in [5.41, 5.74) is 3.73. The summed E-state index contributed by atoms with van der Waals surface area (Å²) in [6, 6.07) is 0. The highest BCUT2D eigenvalue weighted by molar-refractivity contribution is 7.98. The van der Waals surface area contributed by atoms with Gasteiger partial charge in [0.05, 0.1) is 5.75 Å². The van der Waals surface area contributed by atoms with Gasteiger partial charge in [-0.1, -0.05) is 13.8 Å². The molecule has 3 nitrogen and oxygen atoms in total. The number of nitrogens with one attached hydrogen (secondary N) is 1. The highest BCUT2D eigenvalue weighted by atomic mass is 32.2. The maximum atomic E-state index is 4.69. The molecule has 1 aromatic rings. The summed E-state index contributed by atoms with van der Waals surface area (Å²) in [6.45, 7) is 16.3. The van der Waals surface area contributed by atoms with E-state index in [4.69, 9.17) is 0 Å². The highest BCUT2D eigenvalue weighted by Crippen LogP contribution is 2.16. The van der Waals surface area contributed by atoms with Crippen molar-refractivity contribution in [2.75, 3.05) is 12.3 Å². The molecule has 0 fully saturated rings. The van der Waals surface area contributed by atoms with Crippen LogP contribution < -0.4 is 5.32 Å². The molecule has 1 aromatic heterocycles. The topological polar surface area (TPSA) is 37.8 Å². The Morgan fingerprint density at radius 1 is 1.10 bits per heavy atom. The molecule has 0 radical (unpaired) electrons. The standard InChI is InChI=1S/C17H31N3S/c1-12(2)10-21-11-16-19-13(3)15(14(4)20-16)8-9-18-17(5,6)7/h12,18H,8-11H2,1-7H3. The van der Waals surface area contributed by atoms with E-state index < -0.39 is 0 Å². The first-order valence-electron chi connectivity index (χ1n) is 7.85. The van der Waals surface area contributed by atoms with Gasteiger partial charge in [0.2, 0.25) is 0 Å². The Bertz CT molecular complexity index is 427. The average Bonchev–Trinajstić information content (AvgIpc) is 2.31. The summed E-state index contributed by atoms with van der Waals surface area (Å²) in [4.78, 5) is 9.37. The number of hydrogen-bond donors (Lipinski definition) is 1. The van der Waals surface area contributed by atoms with Gasteiger partial charge in [-0.2, -0.15) is 11.8 Å². The highest BCUT2D eigenvalue weighted by Gasteiger charge is 2.12. The quantitative estimate of drug-likeness (QED) is 0.828. The van der Waals surface area contributed by atoms with Gasteiger partial charge in [-0.25, -0.2) is 9.97 Å². The second-order valence-electron chi connectivity index (χ2n) is 7.12. The molecule has 0 bridgehead atoms. The molecule has 0 spiro atoms. The van der Waals surface area contributed by atoms with Crippen LogP contribution in [0.4, 0.5) is 0 Å². The van der Waals surface area contributed by atoms with Crippen LogP contribution in [0.3, 0.4) is 0 Å². The summed E-state index contributed by atoms with van der Waals surface area (Å²) in [7, 11) is 0. The molecule has 1 heterocycles. The number of aromatic nitrogens is 2. The third-order valence-corrected chi connectivity index (χ3v) is 4.54. The summed E-state index contributed by atoms with van der Waals surface area (Å²) < 4.78 is 0. The zero-order valence-corrected chi connectivity index (χ0v) is 15.5. The Morgan fingerprint density at radius 2 is 1.67 bits per heavy atom. The number of aryl methyl sites for hydroxylation is 2. The molecular weight excluding hydrogens is 278 g/mol. The molecular formula is C17H31N3S. The minimum Gasteiger partial charge on any atom is -0.312 e. The predicted octanol–water partition coefficient (Wildman–Crippen LogP) is 3.91. The molecule has 1 N–H and O–H groups in total. The molecule has 0 amide bonds. The fraction of sp³-hybridized carbons (Fsp3) is 0.765. The Kier molecular flexibility index (Phi) is 7.14. The van der Waals surface area contributed by atoms with E-state index in [-0.39, 0.29) is 5.54 Å². The molecule has 0 aromatic carbocycles. The largest absolute Gasteiger partial charge is 0.312 e. The van der Waals surface area contributed by atoms with Crippen LogP contribution in [-0.4, -0.2) is 27.8 Å². The van der Waals surface area contributed by atoms with Crippen LogP contribution in [0.1, 0.15) is 57.4 Å². The molecule has 0 saturated heterocycles. The van der Waals surface area contributed by atoms with Crippen LogP contribution in [0.2, 0.25) is 0 Å². The van der Waals surface area contributed by atoms with Gasteiger partial charge in [0, 0.05) is 16.9 Å². The second kappa shape index (κ2) is 8.14. The van der Waals surface area contributed by atoms with Gasteiger partial charge in [-0.05, 0) is 64.8 Å². The van der Waals surface area contributed by atoms with Crippen LogP contribution >= 0.6 is 11.8 Å². The molecule has 0 aliphatic carbocycles. The molecule has 0 aliphatic rings. The summed E-state index contributed by atoms with van der Waals surface area (Å²) >= 11 is 1.92. The molecule has 4 heteroatoms. The fourth-order valence-corrected chi connectivity index (χ4v) is 3.08. The van der Waals surface area contributed by atoms with Crippen molar-refractivity contribution in [3.05, 3.63) is 22.8 Å². The molecule has 0 atom stereocenters. The van der Waals surface area contributed by atoms with Crippen molar-refractivity contribution in [2.45, 2.75) is 66.2 Å². The minimum absolute atomic E-state index is 0.163. The van der Waals surface area contributed by atoms with Gasteiger partial charge in [0.25, 0.3) is 0 Å². The number of nitrogens with zero attached hydrogens (tertiary/aromatic N) is 2. The molecule has 0 saturated carbocycles. The first-order valence-corrected chi connectivity index (χ1v) is 9.00. The van der Waals surface area contributed by atoms with Gasteiger partial charge in [-0.15, -0.1) is 0 Å². The predicted molar refractivity (Wildman–Crippen MR) is 94.0 cm³/mol. The van der Waals surface area contributed by atoms with E-state index in [0.29, 0.717) is 0 Å². The Morgan fingerprint density at radius 3 is 2.14 bits per heavy atom. The third kappa shape index (κ3) is 7.28. The van der Waals surface area contributed by atoms with Crippen molar-refractivity contribution < 1.29 is 0 Å². The fourth-order valence-electron chi connectivity index (χ4n) is 2.18.